The fourth-order valence-corrected chi connectivity index (χ4v) is 2.56. The third-order valence-corrected chi connectivity index (χ3v) is 3.88. The van der Waals surface area contributed by atoms with E-state index in [1.165, 1.54) is 6.20 Å². The Labute approximate surface area is 155 Å². The van der Waals surface area contributed by atoms with Crippen LogP contribution in [0.15, 0.2) is 54.7 Å². The molecule has 0 atom stereocenters. The molecule has 2 aromatic carbocycles. The summed E-state index contributed by atoms with van der Waals surface area (Å²) in [5.74, 6) is -0.567. The van der Waals surface area contributed by atoms with Crippen LogP contribution in [0.2, 0.25) is 0 Å². The zero-order chi connectivity index (χ0) is 19.2. The minimum Gasteiger partial charge on any atom is -0.505 e. The van der Waals surface area contributed by atoms with Crippen LogP contribution in [0.3, 0.4) is 0 Å². The molecule has 3 N–H and O–H groups in total. The molecule has 7 heteroatoms. The molecule has 0 aliphatic rings. The van der Waals surface area contributed by atoms with Crippen molar-refractivity contribution in [1.82, 2.24) is 10.3 Å². The molecule has 0 unspecified atom stereocenters. The highest BCUT2D eigenvalue weighted by Gasteiger charge is 2.16. The van der Waals surface area contributed by atoms with Crippen molar-refractivity contribution in [2.45, 2.75) is 12.8 Å². The zero-order valence-electron chi connectivity index (χ0n) is 14.4. The predicted octanol–water partition coefficient (Wildman–Crippen LogP) is 3.33. The average Bonchev–Trinajstić information content (AvgIpc) is 2.66. The maximum atomic E-state index is 12.2. The van der Waals surface area contributed by atoms with E-state index in [2.05, 4.69) is 10.3 Å². The molecule has 0 bridgehead atoms. The van der Waals surface area contributed by atoms with Crippen LogP contribution in [0.1, 0.15) is 23.3 Å². The number of carboxylic acid groups (broad SMARTS) is 1. The predicted molar refractivity (Wildman–Crippen MR) is 99.1 cm³/mol. The number of hydrogen-bond acceptors (Lipinski definition) is 5. The molecule has 138 valence electrons. The molecule has 7 nitrogen and oxygen atoms in total. The summed E-state index contributed by atoms with van der Waals surface area (Å²) in [7, 11) is 0. The summed E-state index contributed by atoms with van der Waals surface area (Å²) in [6.07, 6.45) is 1.75. The van der Waals surface area contributed by atoms with Crippen molar-refractivity contribution in [3.8, 4) is 17.2 Å². The molecule has 3 rings (SSSR count). The molecular weight excluding hydrogens is 348 g/mol. The van der Waals surface area contributed by atoms with Gasteiger partial charge < -0.3 is 20.3 Å². The number of nitrogens with one attached hydrogen (secondary N) is 1. The number of aliphatic carboxylic acids is 1. The number of benzene rings is 2. The lowest BCUT2D eigenvalue weighted by molar-refractivity contribution is -0.137. The van der Waals surface area contributed by atoms with Gasteiger partial charge in [0.05, 0.1) is 0 Å². The van der Waals surface area contributed by atoms with Crippen molar-refractivity contribution in [3.05, 3.63) is 60.4 Å². The lowest BCUT2D eigenvalue weighted by atomic mass is 10.1. The van der Waals surface area contributed by atoms with Crippen molar-refractivity contribution in [3.63, 3.8) is 0 Å². The smallest absolute Gasteiger partial charge is 0.303 e. The normalized spacial score (nSPS) is 10.5. The Kier molecular flexibility index (Phi) is 5.51. The van der Waals surface area contributed by atoms with Crippen LogP contribution in [-0.4, -0.2) is 33.6 Å². The van der Waals surface area contributed by atoms with Gasteiger partial charge in [-0.3, -0.25) is 9.59 Å². The summed E-state index contributed by atoms with van der Waals surface area (Å²) < 4.78 is 5.76. The Bertz CT molecular complexity index is 973. The van der Waals surface area contributed by atoms with Crippen molar-refractivity contribution in [2.24, 2.45) is 0 Å². The number of fused-ring (bicyclic) bond motifs is 1. The van der Waals surface area contributed by atoms with Gasteiger partial charge >= 0.3 is 5.97 Å². The van der Waals surface area contributed by atoms with Crippen LogP contribution < -0.4 is 10.1 Å². The van der Waals surface area contributed by atoms with Crippen LogP contribution in [0.5, 0.6) is 17.2 Å². The number of carbonyl (C=O) groups is 2. The van der Waals surface area contributed by atoms with Gasteiger partial charge in [0.1, 0.15) is 11.5 Å². The highest BCUT2D eigenvalue weighted by Crippen LogP contribution is 2.32. The van der Waals surface area contributed by atoms with Gasteiger partial charge in [-0.25, -0.2) is 4.98 Å². The Hall–Kier alpha value is -3.61. The van der Waals surface area contributed by atoms with Crippen molar-refractivity contribution in [1.29, 1.82) is 0 Å². The van der Waals surface area contributed by atoms with Crippen LogP contribution in [0.4, 0.5) is 0 Å². The Morgan fingerprint density at radius 1 is 1.07 bits per heavy atom. The van der Waals surface area contributed by atoms with Crippen molar-refractivity contribution < 1.29 is 24.5 Å². The van der Waals surface area contributed by atoms with E-state index < -0.39 is 11.9 Å². The van der Waals surface area contributed by atoms with Crippen LogP contribution >= 0.6 is 0 Å². The highest BCUT2D eigenvalue weighted by molar-refractivity contribution is 6.01. The SMILES string of the molecule is O=C(O)CCCNC(=O)c1ncc2ccc(Oc3ccccc3)cc2c1O. The maximum absolute atomic E-state index is 12.2. The van der Waals surface area contributed by atoms with Crippen LogP contribution in [-0.2, 0) is 4.79 Å². The highest BCUT2D eigenvalue weighted by atomic mass is 16.5. The van der Waals surface area contributed by atoms with Gasteiger partial charge in [0, 0.05) is 29.9 Å². The third-order valence-electron chi connectivity index (χ3n) is 3.88. The van der Waals surface area contributed by atoms with Gasteiger partial charge in [-0.05, 0) is 36.8 Å². The van der Waals surface area contributed by atoms with Gasteiger partial charge in [-0.15, -0.1) is 0 Å². The van der Waals surface area contributed by atoms with E-state index in [9.17, 15) is 14.7 Å². The molecule has 0 aliphatic heterocycles. The fourth-order valence-electron chi connectivity index (χ4n) is 2.56. The fraction of sp³-hybridized carbons (Fsp3) is 0.150. The minimum atomic E-state index is -0.929. The van der Waals surface area contributed by atoms with Gasteiger partial charge in [0.15, 0.2) is 11.4 Å². The number of amides is 1. The first-order valence-electron chi connectivity index (χ1n) is 8.39. The first-order valence-corrected chi connectivity index (χ1v) is 8.39. The lowest BCUT2D eigenvalue weighted by Crippen LogP contribution is -2.25. The Morgan fingerprint density at radius 2 is 1.85 bits per heavy atom. The summed E-state index contributed by atoms with van der Waals surface area (Å²) >= 11 is 0. The zero-order valence-corrected chi connectivity index (χ0v) is 14.4. The second-order valence-electron chi connectivity index (χ2n) is 5.87. The van der Waals surface area contributed by atoms with E-state index in [0.29, 0.717) is 28.7 Å². The summed E-state index contributed by atoms with van der Waals surface area (Å²) in [6, 6.07) is 14.3. The Balaban J connectivity index is 1.80. The molecule has 3 aromatic rings. The number of carboxylic acids is 1. The largest absolute Gasteiger partial charge is 0.505 e. The van der Waals surface area contributed by atoms with Crippen molar-refractivity contribution >= 4 is 22.6 Å². The second kappa shape index (κ2) is 8.18. The topological polar surface area (TPSA) is 109 Å². The number of aromatic hydroxyl groups is 1. The molecular formula is C20H18N2O5. The molecule has 0 spiro atoms. The van der Waals surface area contributed by atoms with E-state index in [1.807, 2.05) is 30.3 Å². The van der Waals surface area contributed by atoms with Crippen molar-refractivity contribution in [2.75, 3.05) is 6.54 Å². The molecule has 1 aromatic heterocycles. The van der Waals surface area contributed by atoms with E-state index in [-0.39, 0.29) is 24.4 Å². The first kappa shape index (κ1) is 18.2. The van der Waals surface area contributed by atoms with E-state index in [1.54, 1.807) is 18.2 Å². The van der Waals surface area contributed by atoms with E-state index in [0.717, 1.165) is 0 Å². The maximum Gasteiger partial charge on any atom is 0.303 e. The van der Waals surface area contributed by atoms with Crippen LogP contribution in [0, 0.1) is 0 Å². The third kappa shape index (κ3) is 4.52. The summed E-state index contributed by atoms with van der Waals surface area (Å²) in [5.41, 5.74) is -0.116. The molecule has 0 radical (unpaired) electrons. The molecule has 0 fully saturated rings. The van der Waals surface area contributed by atoms with Gasteiger partial charge in [0.25, 0.3) is 5.91 Å². The summed E-state index contributed by atoms with van der Waals surface area (Å²) in [6.45, 7) is 0.182. The number of hydrogen-bond donors (Lipinski definition) is 3. The monoisotopic (exact) mass is 366 g/mol. The first-order chi connectivity index (χ1) is 13.0. The number of pyridine rings is 1. The average molecular weight is 366 g/mol. The van der Waals surface area contributed by atoms with Gasteiger partial charge in [0.2, 0.25) is 0 Å². The summed E-state index contributed by atoms with van der Waals surface area (Å²) in [5, 5.41) is 22.8. The lowest BCUT2D eigenvalue weighted by Gasteiger charge is -2.10. The molecule has 1 amide bonds. The molecule has 1 heterocycles. The molecule has 0 saturated carbocycles. The van der Waals surface area contributed by atoms with E-state index in [4.69, 9.17) is 9.84 Å². The number of para-hydroxylation sites is 1. The quantitative estimate of drug-likeness (QED) is 0.554. The van der Waals surface area contributed by atoms with Gasteiger partial charge in [-0.2, -0.15) is 0 Å². The Morgan fingerprint density at radius 3 is 2.59 bits per heavy atom. The van der Waals surface area contributed by atoms with Crippen LogP contribution in [0.25, 0.3) is 10.8 Å². The molecule has 0 saturated heterocycles. The molecule has 27 heavy (non-hydrogen) atoms. The molecule has 0 aliphatic carbocycles. The summed E-state index contributed by atoms with van der Waals surface area (Å²) in [4.78, 5) is 26.7. The standard InChI is InChI=1S/C20H18N2O5/c23-17(24)7-4-10-21-20(26)18-19(25)16-11-15(9-8-13(16)12-22-18)27-14-5-2-1-3-6-14/h1-3,5-6,8-9,11-12,25H,4,7,10H2,(H,21,26)(H,23,24). The van der Waals surface area contributed by atoms with E-state index >= 15 is 0 Å². The number of ether oxygens (including phenoxy) is 1. The minimum absolute atomic E-state index is 0.0441. The number of rotatable bonds is 7. The number of aromatic nitrogens is 1. The van der Waals surface area contributed by atoms with Gasteiger partial charge in [-0.1, -0.05) is 18.2 Å². The number of nitrogens with zero attached hydrogens (tertiary/aromatic N) is 1. The number of carbonyl (C=O) groups excluding carboxylic acids is 1. The second-order valence-corrected chi connectivity index (χ2v) is 5.87.